The van der Waals surface area contributed by atoms with Gasteiger partial charge in [0, 0.05) is 12.2 Å². The lowest BCUT2D eigenvalue weighted by molar-refractivity contribution is 0.362. The number of rotatable bonds is 4. The van der Waals surface area contributed by atoms with Crippen LogP contribution in [-0.2, 0) is 5.54 Å². The normalized spacial score (nSPS) is 12.6. The van der Waals surface area contributed by atoms with Gasteiger partial charge in [-0.25, -0.2) is 9.97 Å². The molecule has 2 aromatic rings. The lowest BCUT2D eigenvalue weighted by atomic mass is 9.93. The minimum atomic E-state index is -0.370. The zero-order valence-corrected chi connectivity index (χ0v) is 11.6. The molecule has 0 aliphatic carbocycles. The number of hydrogen-bond acceptors (Lipinski definition) is 3. The Balaban J connectivity index is 2.74. The van der Waals surface area contributed by atoms with E-state index in [0.29, 0.717) is 6.04 Å². The molecule has 0 fully saturated rings. The first-order chi connectivity index (χ1) is 8.53. The van der Waals surface area contributed by atoms with Gasteiger partial charge in [0.15, 0.2) is 5.65 Å². The molecule has 4 heteroatoms. The number of imidazole rings is 1. The van der Waals surface area contributed by atoms with Gasteiger partial charge >= 0.3 is 0 Å². The van der Waals surface area contributed by atoms with Crippen molar-refractivity contribution in [2.75, 3.05) is 0 Å². The van der Waals surface area contributed by atoms with Crippen LogP contribution in [0.15, 0.2) is 18.3 Å². The van der Waals surface area contributed by atoms with E-state index < -0.39 is 0 Å². The van der Waals surface area contributed by atoms with E-state index >= 15 is 0 Å². The molecule has 0 amide bonds. The van der Waals surface area contributed by atoms with Crippen molar-refractivity contribution in [1.82, 2.24) is 14.5 Å². The van der Waals surface area contributed by atoms with Crippen molar-refractivity contribution in [2.24, 2.45) is 5.73 Å². The molecule has 0 aliphatic heterocycles. The zero-order chi connectivity index (χ0) is 13.3. The highest BCUT2D eigenvalue weighted by Crippen LogP contribution is 2.30. The molecule has 0 bridgehead atoms. The summed E-state index contributed by atoms with van der Waals surface area (Å²) in [6.45, 7) is 8.51. The second-order valence-corrected chi connectivity index (χ2v) is 5.11. The maximum Gasteiger partial charge on any atom is 0.160 e. The Morgan fingerprint density at radius 3 is 2.56 bits per heavy atom. The largest absolute Gasteiger partial charge is 0.319 e. The second kappa shape index (κ2) is 4.69. The van der Waals surface area contributed by atoms with Gasteiger partial charge in [-0.3, -0.25) is 0 Å². The van der Waals surface area contributed by atoms with Crippen LogP contribution in [0.4, 0.5) is 0 Å². The fourth-order valence-corrected chi connectivity index (χ4v) is 2.34. The predicted molar refractivity (Wildman–Crippen MR) is 74.4 cm³/mol. The van der Waals surface area contributed by atoms with Crippen LogP contribution in [0.1, 0.15) is 52.4 Å². The smallest absolute Gasteiger partial charge is 0.160 e. The monoisotopic (exact) mass is 246 g/mol. The SMILES string of the molecule is CCC(N)(CC)c1nc2cccnc2n1C(C)C. The van der Waals surface area contributed by atoms with E-state index in [4.69, 9.17) is 10.7 Å². The molecule has 2 rings (SSSR count). The summed E-state index contributed by atoms with van der Waals surface area (Å²) in [5.41, 5.74) is 8.00. The van der Waals surface area contributed by atoms with E-state index in [1.165, 1.54) is 0 Å². The van der Waals surface area contributed by atoms with E-state index in [1.54, 1.807) is 0 Å². The van der Waals surface area contributed by atoms with Gasteiger partial charge in [0.2, 0.25) is 0 Å². The minimum absolute atomic E-state index is 0.306. The molecule has 0 spiro atoms. The topological polar surface area (TPSA) is 56.7 Å². The number of aromatic nitrogens is 3. The van der Waals surface area contributed by atoms with Crippen LogP contribution in [0.3, 0.4) is 0 Å². The first kappa shape index (κ1) is 13.0. The third-order valence-electron chi connectivity index (χ3n) is 3.67. The van der Waals surface area contributed by atoms with Crippen molar-refractivity contribution in [2.45, 2.75) is 52.1 Å². The third kappa shape index (κ3) is 1.90. The van der Waals surface area contributed by atoms with Crippen molar-refractivity contribution in [3.8, 4) is 0 Å². The van der Waals surface area contributed by atoms with Gasteiger partial charge in [-0.15, -0.1) is 0 Å². The van der Waals surface area contributed by atoms with E-state index in [9.17, 15) is 0 Å². The second-order valence-electron chi connectivity index (χ2n) is 5.11. The Labute approximate surface area is 108 Å². The first-order valence-corrected chi connectivity index (χ1v) is 6.65. The number of fused-ring (bicyclic) bond motifs is 1. The third-order valence-corrected chi connectivity index (χ3v) is 3.67. The molecular formula is C14H22N4. The van der Waals surface area contributed by atoms with Crippen LogP contribution in [-0.4, -0.2) is 14.5 Å². The number of nitrogens with two attached hydrogens (primary N) is 1. The average Bonchev–Trinajstić information content (AvgIpc) is 2.77. The minimum Gasteiger partial charge on any atom is -0.319 e. The molecule has 0 aromatic carbocycles. The number of hydrogen-bond donors (Lipinski definition) is 1. The number of pyridine rings is 1. The highest BCUT2D eigenvalue weighted by Gasteiger charge is 2.30. The summed E-state index contributed by atoms with van der Waals surface area (Å²) < 4.78 is 2.17. The van der Waals surface area contributed by atoms with Gasteiger partial charge in [-0.1, -0.05) is 13.8 Å². The number of nitrogens with zero attached hydrogens (tertiary/aromatic N) is 3. The summed E-state index contributed by atoms with van der Waals surface area (Å²) >= 11 is 0. The molecule has 98 valence electrons. The molecule has 2 N–H and O–H groups in total. The molecule has 18 heavy (non-hydrogen) atoms. The van der Waals surface area contributed by atoms with Crippen molar-refractivity contribution >= 4 is 11.2 Å². The van der Waals surface area contributed by atoms with Gasteiger partial charge < -0.3 is 10.3 Å². The van der Waals surface area contributed by atoms with E-state index in [-0.39, 0.29) is 5.54 Å². The highest BCUT2D eigenvalue weighted by molar-refractivity contribution is 5.71. The Morgan fingerprint density at radius 1 is 1.33 bits per heavy atom. The first-order valence-electron chi connectivity index (χ1n) is 6.65. The average molecular weight is 246 g/mol. The van der Waals surface area contributed by atoms with Crippen LogP contribution < -0.4 is 5.73 Å². The lowest BCUT2D eigenvalue weighted by Crippen LogP contribution is -2.38. The molecule has 0 saturated heterocycles. The molecule has 0 saturated carbocycles. The van der Waals surface area contributed by atoms with Gasteiger partial charge in [-0.05, 0) is 38.8 Å². The van der Waals surface area contributed by atoms with Gasteiger partial charge in [-0.2, -0.15) is 0 Å². The predicted octanol–water partition coefficient (Wildman–Crippen LogP) is 2.99. The van der Waals surface area contributed by atoms with E-state index in [2.05, 4.69) is 37.2 Å². The van der Waals surface area contributed by atoms with Crippen molar-refractivity contribution < 1.29 is 0 Å². The molecule has 0 radical (unpaired) electrons. The van der Waals surface area contributed by atoms with Gasteiger partial charge in [0.1, 0.15) is 11.3 Å². The Hall–Kier alpha value is -1.42. The standard InChI is InChI=1S/C14H22N4/c1-5-14(15,6-2)13-17-11-8-7-9-16-12(11)18(13)10(3)4/h7-10H,5-6,15H2,1-4H3. The van der Waals surface area contributed by atoms with Crippen molar-refractivity contribution in [3.63, 3.8) is 0 Å². The van der Waals surface area contributed by atoms with Crippen LogP contribution in [0.2, 0.25) is 0 Å². The van der Waals surface area contributed by atoms with Gasteiger partial charge in [0.05, 0.1) is 5.54 Å². The fourth-order valence-electron chi connectivity index (χ4n) is 2.34. The van der Waals surface area contributed by atoms with Gasteiger partial charge in [0.25, 0.3) is 0 Å². The summed E-state index contributed by atoms with van der Waals surface area (Å²) in [5.74, 6) is 0.955. The Bertz CT molecular complexity index is 538. The zero-order valence-electron chi connectivity index (χ0n) is 11.6. The molecule has 0 atom stereocenters. The Morgan fingerprint density at radius 2 is 2.00 bits per heavy atom. The summed E-state index contributed by atoms with van der Waals surface area (Å²) in [5, 5.41) is 0. The van der Waals surface area contributed by atoms with Crippen LogP contribution >= 0.6 is 0 Å². The fraction of sp³-hybridized carbons (Fsp3) is 0.571. The van der Waals surface area contributed by atoms with E-state index in [0.717, 1.165) is 29.8 Å². The molecule has 0 aliphatic rings. The lowest BCUT2D eigenvalue weighted by Gasteiger charge is -2.28. The highest BCUT2D eigenvalue weighted by atomic mass is 15.2. The summed E-state index contributed by atoms with van der Waals surface area (Å²) in [4.78, 5) is 9.17. The summed E-state index contributed by atoms with van der Waals surface area (Å²) in [6, 6.07) is 4.22. The maximum absolute atomic E-state index is 6.51. The molecule has 2 aromatic heterocycles. The molecule has 4 nitrogen and oxygen atoms in total. The molecular weight excluding hydrogens is 224 g/mol. The maximum atomic E-state index is 6.51. The summed E-state index contributed by atoms with van der Waals surface area (Å²) in [7, 11) is 0. The quantitative estimate of drug-likeness (QED) is 0.902. The van der Waals surface area contributed by atoms with Crippen molar-refractivity contribution in [1.29, 1.82) is 0 Å². The van der Waals surface area contributed by atoms with Crippen LogP contribution in [0, 0.1) is 0 Å². The van der Waals surface area contributed by atoms with Crippen LogP contribution in [0.25, 0.3) is 11.2 Å². The van der Waals surface area contributed by atoms with E-state index in [1.807, 2.05) is 18.3 Å². The van der Waals surface area contributed by atoms with Crippen molar-refractivity contribution in [3.05, 3.63) is 24.2 Å². The molecule has 2 heterocycles. The molecule has 0 unspecified atom stereocenters. The van der Waals surface area contributed by atoms with Crippen LogP contribution in [0.5, 0.6) is 0 Å². The Kier molecular flexibility index (Phi) is 3.39. The summed E-state index contributed by atoms with van der Waals surface area (Å²) in [6.07, 6.45) is 3.56.